The Hall–Kier alpha value is -1.99. The van der Waals surface area contributed by atoms with E-state index in [1.807, 2.05) is 14.4 Å². The molecule has 392 valence electrons. The van der Waals surface area contributed by atoms with Gasteiger partial charge in [-0.25, -0.2) is 4.70 Å². The van der Waals surface area contributed by atoms with Gasteiger partial charge in [-0.1, -0.05) is 238 Å². The Morgan fingerprint density at radius 3 is 0.941 bits per heavy atom. The first-order valence-corrected chi connectivity index (χ1v) is 31.5. The first kappa shape index (κ1) is 62.1. The quantitative estimate of drug-likeness (QED) is 0.0359. The molecule has 1 heterocycles. The van der Waals surface area contributed by atoms with Gasteiger partial charge in [0, 0.05) is 22.3 Å². The first-order valence-electron chi connectivity index (χ1n) is 30.1. The molecule has 0 N–H and O–H groups in total. The molecular weight excluding hydrogens is 867 g/mol. The van der Waals surface area contributed by atoms with Crippen molar-refractivity contribution in [2.75, 3.05) is 0 Å². The van der Waals surface area contributed by atoms with Gasteiger partial charge >= 0.3 is 64.8 Å². The zero-order valence-electron chi connectivity index (χ0n) is 46.2. The van der Waals surface area contributed by atoms with E-state index in [2.05, 4.69) is 90.1 Å². The summed E-state index contributed by atoms with van der Waals surface area (Å²) in [5.74, 6) is 0. The Morgan fingerprint density at radius 1 is 0.324 bits per heavy atom. The van der Waals surface area contributed by atoms with Gasteiger partial charge in [0.25, 0.3) is 0 Å². The van der Waals surface area contributed by atoms with E-state index in [0.717, 1.165) is 49.9 Å². The van der Waals surface area contributed by atoms with Gasteiger partial charge in [-0.2, -0.15) is 0 Å². The molecule has 0 unspecified atom stereocenters. The monoisotopic (exact) mass is 979 g/mol. The fraction of sp³-hybridized carbons (Fsp3) is 0.754. The fourth-order valence-corrected chi connectivity index (χ4v) is 11.4. The molecule has 0 aliphatic carbocycles. The Labute approximate surface area is 431 Å². The molecule has 2 nitrogen and oxygen atoms in total. The van der Waals surface area contributed by atoms with Gasteiger partial charge in [0.2, 0.25) is 11.4 Å². The van der Waals surface area contributed by atoms with Gasteiger partial charge in [-0.3, -0.25) is 0 Å². The minimum absolute atomic E-state index is 1.02. The van der Waals surface area contributed by atoms with Crippen molar-refractivity contribution in [2.24, 2.45) is 0 Å². The number of unbranched alkanes of at least 4 members (excludes halogenated alkanes) is 31. The van der Waals surface area contributed by atoms with Crippen LogP contribution in [0.3, 0.4) is 0 Å². The molecule has 1 aliphatic heterocycles. The van der Waals surface area contributed by atoms with Crippen LogP contribution in [0.15, 0.2) is 59.7 Å². The van der Waals surface area contributed by atoms with Gasteiger partial charge in [-0.05, 0) is 86.8 Å². The van der Waals surface area contributed by atoms with E-state index in [9.17, 15) is 5.53 Å². The van der Waals surface area contributed by atoms with Crippen LogP contribution in [0.25, 0.3) is 16.9 Å². The fourth-order valence-electron chi connectivity index (χ4n) is 9.95. The average molecular weight is 980 g/mol. The zero-order valence-corrected chi connectivity index (χ0v) is 47.2. The Bertz CT molecular complexity index is 1550. The van der Waals surface area contributed by atoms with E-state index in [-0.39, 0.29) is 0 Å². The Morgan fingerprint density at radius 2 is 0.603 bits per heavy atom. The molecule has 3 rings (SSSR count). The number of hydrogen-bond donors (Lipinski definition) is 0. The number of aryl methyl sites for hydroxylation is 2. The maximum absolute atomic E-state index is 12.3. The number of benzene rings is 2. The summed E-state index contributed by atoms with van der Waals surface area (Å²) in [5, 5.41) is 2.78. The van der Waals surface area contributed by atoms with Gasteiger partial charge < -0.3 is 5.53 Å². The molecule has 0 spiro atoms. The van der Waals surface area contributed by atoms with Crippen LogP contribution in [0.1, 0.15) is 314 Å². The second-order valence-corrected chi connectivity index (χ2v) is 22.3. The Kier molecular flexibility index (Phi) is 41.0. The van der Waals surface area contributed by atoms with E-state index in [0.29, 0.717) is 0 Å². The van der Waals surface area contributed by atoms with E-state index >= 15 is 0 Å². The van der Waals surface area contributed by atoms with Crippen LogP contribution in [0, 0.1) is 0 Å². The van der Waals surface area contributed by atoms with Gasteiger partial charge in [-0.15, -0.1) is 0 Å². The minimum atomic E-state index is 1.02. The molecule has 3 heteroatoms. The summed E-state index contributed by atoms with van der Waals surface area (Å²) in [6, 6.07) is 18.4. The van der Waals surface area contributed by atoms with Crippen LogP contribution >= 0.6 is 0 Å². The van der Waals surface area contributed by atoms with Crippen LogP contribution in [-0.2, 0) is 27.3 Å². The number of rotatable bonds is 45. The second kappa shape index (κ2) is 44.9. The first-order chi connectivity index (χ1) is 33.6. The normalized spacial score (nSPS) is 12.8. The van der Waals surface area contributed by atoms with E-state index in [1.54, 1.807) is 4.70 Å². The van der Waals surface area contributed by atoms with Crippen molar-refractivity contribution in [1.82, 2.24) is 0 Å². The van der Waals surface area contributed by atoms with Crippen molar-refractivity contribution in [2.45, 2.75) is 316 Å². The summed E-state index contributed by atoms with van der Waals surface area (Å²) in [4.78, 5) is 0. The molecule has 0 saturated heterocycles. The van der Waals surface area contributed by atoms with Crippen LogP contribution < -0.4 is 0 Å². The molecule has 68 heavy (non-hydrogen) atoms. The summed E-state index contributed by atoms with van der Waals surface area (Å²) < 4.78 is 1.61. The topological polar surface area (TPSA) is 25.3 Å². The van der Waals surface area contributed by atoms with Crippen LogP contribution in [0.5, 0.6) is 0 Å². The molecule has 2 aromatic carbocycles. The zero-order chi connectivity index (χ0) is 49.0. The van der Waals surface area contributed by atoms with Crippen molar-refractivity contribution in [3.63, 3.8) is 0 Å². The second-order valence-electron chi connectivity index (χ2n) is 20.8. The molecule has 2 aromatic rings. The van der Waals surface area contributed by atoms with Crippen molar-refractivity contribution in [3.05, 3.63) is 87.5 Å². The van der Waals surface area contributed by atoms with Crippen LogP contribution in [-0.4, -0.2) is 4.70 Å². The molecule has 0 aromatic heterocycles. The standard InChI is InChI=1S/C57H94N2.2C4H9.Ni/c1-5-9-13-15-17-19-21-23-25-27-29-31-33-36-40-50-42-38-44-52(48-50)56-54(46-12-8-4)55(47-35-11-7-3)57(59(56)58)53-45-39-43-51(49-53)41-37-34-32-30-28-26-24-22-20-18-16-14-10-6-2;2*1-3-4-2;/h38-39,42-45,48-49H,5-37,40-41,46-47H2,1-4H3;2*1,3-4H2,2H3;. The summed E-state index contributed by atoms with van der Waals surface area (Å²) in [6.07, 6.45) is 54.8. The van der Waals surface area contributed by atoms with Crippen molar-refractivity contribution < 1.29 is 19.1 Å². The maximum atomic E-state index is 12.3. The third-order valence-electron chi connectivity index (χ3n) is 14.4. The molecule has 0 radical (unpaired) electrons. The summed E-state index contributed by atoms with van der Waals surface area (Å²) >= 11 is 1.94. The SMILES string of the molecule is CCCCCCCCCCCCCCCCc1cccc(C2=C(CCCC)C(CCCCC)=C(c3cccc(CCCCCCCCCCCCCCCC)c3)[N+]2=[N-])c1.CCC[CH2][Ni][CH2]CCC. The summed E-state index contributed by atoms with van der Waals surface area (Å²) in [5.41, 5.74) is 22.3. The van der Waals surface area contributed by atoms with E-state index < -0.39 is 0 Å². The predicted octanol–water partition coefficient (Wildman–Crippen LogP) is 23.2. The van der Waals surface area contributed by atoms with Gasteiger partial charge in [0.05, 0.1) is 0 Å². The molecule has 0 saturated carbocycles. The van der Waals surface area contributed by atoms with Crippen molar-refractivity contribution in [1.29, 1.82) is 0 Å². The summed E-state index contributed by atoms with van der Waals surface area (Å²) in [7, 11) is 0. The number of hydrogen-bond acceptors (Lipinski definition) is 0. The predicted molar refractivity (Wildman–Crippen MR) is 301 cm³/mol. The molecule has 0 amide bonds. The van der Waals surface area contributed by atoms with E-state index in [1.165, 1.54) is 269 Å². The molecule has 0 fully saturated rings. The molecule has 0 bridgehead atoms. The Balaban J connectivity index is 0.00000159. The third kappa shape index (κ3) is 29.4. The van der Waals surface area contributed by atoms with Crippen LogP contribution in [0.2, 0.25) is 10.8 Å². The molecular formula is C65H112N2Ni. The third-order valence-corrected chi connectivity index (χ3v) is 15.8. The van der Waals surface area contributed by atoms with Gasteiger partial charge in [0.1, 0.15) is 0 Å². The molecule has 0 atom stereocenters. The molecule has 1 aliphatic rings. The summed E-state index contributed by atoms with van der Waals surface area (Å²) in [6.45, 7) is 13.7. The van der Waals surface area contributed by atoms with E-state index in [4.69, 9.17) is 0 Å². The number of nitrogens with zero attached hydrogens (tertiary/aromatic N) is 2. The van der Waals surface area contributed by atoms with Gasteiger partial charge in [0.15, 0.2) is 0 Å². The average Bonchev–Trinajstić information content (AvgIpc) is 3.63. The van der Waals surface area contributed by atoms with Crippen molar-refractivity contribution in [3.8, 4) is 0 Å². The van der Waals surface area contributed by atoms with Crippen molar-refractivity contribution >= 4 is 11.4 Å². The number of allylic oxidation sites excluding steroid dienone is 2. The van der Waals surface area contributed by atoms with Crippen LogP contribution in [0.4, 0.5) is 0 Å².